The molecule has 6 nitrogen and oxygen atoms in total. The number of nitrogens with zero attached hydrogens (tertiary/aromatic N) is 3. The number of methoxy groups -OCH3 is 1. The smallest absolute Gasteiger partial charge is 0.343 e. The van der Waals surface area contributed by atoms with Gasteiger partial charge in [0.15, 0.2) is 6.61 Å². The summed E-state index contributed by atoms with van der Waals surface area (Å²) in [5.74, 6) is 0.120. The van der Waals surface area contributed by atoms with Crippen LogP contribution in [-0.4, -0.2) is 37.3 Å². The fourth-order valence-corrected chi connectivity index (χ4v) is 4.83. The van der Waals surface area contributed by atoms with Crippen LogP contribution in [0.3, 0.4) is 0 Å². The lowest BCUT2D eigenvalue weighted by atomic mass is 10.0. The first kappa shape index (κ1) is 21.8. The quantitative estimate of drug-likeness (QED) is 0.396. The Morgan fingerprint density at radius 2 is 2.09 bits per heavy atom. The van der Waals surface area contributed by atoms with Crippen molar-refractivity contribution in [3.05, 3.63) is 81.7 Å². The number of benzene rings is 2. The van der Waals surface area contributed by atoms with Gasteiger partial charge in [0.05, 0.1) is 12.7 Å². The lowest BCUT2D eigenvalue weighted by molar-refractivity contribution is -0.142. The Bertz CT molecular complexity index is 1160. The number of fused-ring (bicyclic) bond motifs is 1. The van der Waals surface area contributed by atoms with Crippen molar-refractivity contribution in [1.29, 1.82) is 5.26 Å². The number of carbonyl (C=O) groups is 1. The zero-order valence-corrected chi connectivity index (χ0v) is 18.6. The Labute approximate surface area is 191 Å². The fourth-order valence-electron chi connectivity index (χ4n) is 3.64. The molecule has 4 rings (SSSR count). The average Bonchev–Trinajstić information content (AvgIpc) is 3.18. The molecule has 0 saturated heterocycles. The summed E-state index contributed by atoms with van der Waals surface area (Å²) in [7, 11) is 1.32. The first-order valence-corrected chi connectivity index (χ1v) is 11.1. The van der Waals surface area contributed by atoms with Gasteiger partial charge in [-0.05, 0) is 35.2 Å². The first-order chi connectivity index (χ1) is 15.7. The molecule has 3 aromatic rings. The highest BCUT2D eigenvalue weighted by atomic mass is 32.1. The average molecular weight is 446 g/mol. The number of rotatable bonds is 7. The van der Waals surface area contributed by atoms with Gasteiger partial charge in [0, 0.05) is 30.7 Å². The van der Waals surface area contributed by atoms with E-state index in [4.69, 9.17) is 4.74 Å². The van der Waals surface area contributed by atoms with Gasteiger partial charge in [0.25, 0.3) is 0 Å². The molecule has 0 radical (unpaired) electrons. The van der Waals surface area contributed by atoms with Gasteiger partial charge in [-0.15, -0.1) is 11.3 Å². The summed E-state index contributed by atoms with van der Waals surface area (Å²) in [5.41, 5.74) is 3.93. The van der Waals surface area contributed by atoms with E-state index in [1.165, 1.54) is 17.6 Å². The molecular formula is C25H23N3O3S. The number of esters is 1. The monoisotopic (exact) mass is 445 g/mol. The van der Waals surface area contributed by atoms with Crippen molar-refractivity contribution in [2.45, 2.75) is 19.5 Å². The minimum absolute atomic E-state index is 0.146. The van der Waals surface area contributed by atoms with Crippen LogP contribution in [0.5, 0.6) is 5.75 Å². The van der Waals surface area contributed by atoms with E-state index in [0.29, 0.717) is 11.3 Å². The van der Waals surface area contributed by atoms with Crippen LogP contribution in [0.25, 0.3) is 0 Å². The van der Waals surface area contributed by atoms with Crippen LogP contribution in [0.15, 0.2) is 59.6 Å². The third-order valence-corrected chi connectivity index (χ3v) is 6.38. The largest absolute Gasteiger partial charge is 0.482 e. The second kappa shape index (κ2) is 10.2. The second-order valence-electron chi connectivity index (χ2n) is 7.44. The highest BCUT2D eigenvalue weighted by molar-refractivity contribution is 7.16. The minimum atomic E-state index is -0.437. The van der Waals surface area contributed by atoms with Crippen LogP contribution in [0.2, 0.25) is 0 Å². The molecule has 1 aliphatic rings. The molecule has 1 aliphatic heterocycles. The van der Waals surface area contributed by atoms with Gasteiger partial charge in [0.1, 0.15) is 16.8 Å². The van der Waals surface area contributed by atoms with E-state index in [-0.39, 0.29) is 6.61 Å². The van der Waals surface area contributed by atoms with Gasteiger partial charge in [0.2, 0.25) is 0 Å². The Morgan fingerprint density at radius 1 is 1.25 bits per heavy atom. The predicted molar refractivity (Wildman–Crippen MR) is 125 cm³/mol. The van der Waals surface area contributed by atoms with Crippen molar-refractivity contribution < 1.29 is 14.3 Å². The van der Waals surface area contributed by atoms with Crippen LogP contribution < -0.4 is 4.74 Å². The molecular weight excluding hydrogens is 422 g/mol. The maximum atomic E-state index is 11.3. The third kappa shape index (κ3) is 5.22. The molecule has 32 heavy (non-hydrogen) atoms. The molecule has 162 valence electrons. The van der Waals surface area contributed by atoms with Crippen LogP contribution >= 0.6 is 11.3 Å². The van der Waals surface area contributed by atoms with Crippen LogP contribution in [0, 0.1) is 11.3 Å². The zero-order chi connectivity index (χ0) is 22.3. The Morgan fingerprint density at radius 3 is 2.88 bits per heavy atom. The van der Waals surface area contributed by atoms with Crippen molar-refractivity contribution >= 4 is 28.5 Å². The van der Waals surface area contributed by atoms with E-state index in [2.05, 4.69) is 45.0 Å². The number of nitriles is 1. The normalized spacial score (nSPS) is 13.5. The Hall–Kier alpha value is -3.47. The molecule has 0 fully saturated rings. The number of aliphatic imine (C=N–C) groups is 1. The van der Waals surface area contributed by atoms with Crippen molar-refractivity contribution in [1.82, 2.24) is 4.90 Å². The molecule has 0 spiro atoms. The Kier molecular flexibility index (Phi) is 6.95. The SMILES string of the molecule is COC(=O)COc1cccc(C=Nc2sc3c(c2C#N)CCN(Cc2ccccc2)C3)c1. The molecule has 0 aliphatic carbocycles. The van der Waals surface area contributed by atoms with E-state index in [1.807, 2.05) is 18.2 Å². The Balaban J connectivity index is 1.48. The molecule has 0 bridgehead atoms. The molecule has 1 aromatic heterocycles. The summed E-state index contributed by atoms with van der Waals surface area (Å²) >= 11 is 1.59. The van der Waals surface area contributed by atoms with Crippen molar-refractivity contribution in [2.24, 2.45) is 4.99 Å². The van der Waals surface area contributed by atoms with E-state index < -0.39 is 5.97 Å². The van der Waals surface area contributed by atoms with E-state index in [1.54, 1.807) is 29.7 Å². The molecule has 0 saturated carbocycles. The lowest BCUT2D eigenvalue weighted by Gasteiger charge is -2.26. The summed E-state index contributed by atoms with van der Waals surface area (Å²) in [6, 6.07) is 20.1. The summed E-state index contributed by atoms with van der Waals surface area (Å²) in [4.78, 5) is 19.5. The highest BCUT2D eigenvalue weighted by Gasteiger charge is 2.24. The zero-order valence-electron chi connectivity index (χ0n) is 17.8. The molecule has 7 heteroatoms. The van der Waals surface area contributed by atoms with Crippen LogP contribution in [-0.2, 0) is 29.0 Å². The van der Waals surface area contributed by atoms with Gasteiger partial charge in [-0.1, -0.05) is 42.5 Å². The van der Waals surface area contributed by atoms with Crippen molar-refractivity contribution in [3.63, 3.8) is 0 Å². The summed E-state index contributed by atoms with van der Waals surface area (Å²) in [5, 5.41) is 10.5. The van der Waals surface area contributed by atoms with E-state index >= 15 is 0 Å². The van der Waals surface area contributed by atoms with Gasteiger partial charge in [-0.2, -0.15) is 5.26 Å². The van der Waals surface area contributed by atoms with Crippen molar-refractivity contribution in [2.75, 3.05) is 20.3 Å². The van der Waals surface area contributed by atoms with Gasteiger partial charge >= 0.3 is 5.97 Å². The number of carbonyl (C=O) groups excluding carboxylic acids is 1. The second-order valence-corrected chi connectivity index (χ2v) is 8.52. The van der Waals surface area contributed by atoms with Gasteiger partial charge in [-0.3, -0.25) is 4.90 Å². The first-order valence-electron chi connectivity index (χ1n) is 10.3. The van der Waals surface area contributed by atoms with Crippen molar-refractivity contribution in [3.8, 4) is 11.8 Å². The molecule has 0 N–H and O–H groups in total. The maximum Gasteiger partial charge on any atom is 0.343 e. The van der Waals surface area contributed by atoms with Gasteiger partial charge in [-0.25, -0.2) is 9.79 Å². The number of thiophene rings is 1. The summed E-state index contributed by atoms with van der Waals surface area (Å²) in [6.07, 6.45) is 2.58. The number of hydrogen-bond acceptors (Lipinski definition) is 7. The maximum absolute atomic E-state index is 11.3. The van der Waals surface area contributed by atoms with E-state index in [9.17, 15) is 10.1 Å². The van der Waals surface area contributed by atoms with Crippen LogP contribution in [0.1, 0.15) is 27.1 Å². The minimum Gasteiger partial charge on any atom is -0.482 e. The molecule has 2 aromatic carbocycles. The standard InChI is InChI=1S/C25H23N3O3S/c1-30-24(29)17-31-20-9-5-8-19(12-20)14-27-25-22(13-26)21-10-11-28(16-23(21)32-25)15-18-6-3-2-4-7-18/h2-9,12,14H,10-11,15-17H2,1H3. The highest BCUT2D eigenvalue weighted by Crippen LogP contribution is 2.38. The number of ether oxygens (including phenoxy) is 2. The molecule has 0 unspecified atom stereocenters. The lowest BCUT2D eigenvalue weighted by Crippen LogP contribution is -2.29. The van der Waals surface area contributed by atoms with Gasteiger partial charge < -0.3 is 9.47 Å². The molecule has 2 heterocycles. The molecule has 0 atom stereocenters. The predicted octanol–water partition coefficient (Wildman–Crippen LogP) is 4.48. The van der Waals surface area contributed by atoms with E-state index in [0.717, 1.165) is 42.2 Å². The third-order valence-electron chi connectivity index (χ3n) is 5.25. The van der Waals surface area contributed by atoms with Crippen LogP contribution in [0.4, 0.5) is 5.00 Å². The number of hydrogen-bond donors (Lipinski definition) is 0. The summed E-state index contributed by atoms with van der Waals surface area (Å²) in [6.45, 7) is 2.51. The fraction of sp³-hybridized carbons (Fsp3) is 0.240. The molecule has 0 amide bonds. The topological polar surface area (TPSA) is 74.9 Å². The summed E-state index contributed by atoms with van der Waals surface area (Å²) < 4.78 is 10.0.